The third-order valence-corrected chi connectivity index (χ3v) is 2.21. The minimum Gasteiger partial charge on any atom is -0.492 e. The fourth-order valence-electron chi connectivity index (χ4n) is 1.40. The van der Waals surface area contributed by atoms with Crippen molar-refractivity contribution in [3.63, 3.8) is 0 Å². The molecule has 0 saturated heterocycles. The number of nitrogens with zero attached hydrogens (tertiary/aromatic N) is 1. The maximum atomic E-state index is 11.1. The van der Waals surface area contributed by atoms with Crippen molar-refractivity contribution in [2.75, 3.05) is 12.3 Å². The van der Waals surface area contributed by atoms with Gasteiger partial charge in [0.1, 0.15) is 12.4 Å². The number of aromatic nitrogens is 3. The van der Waals surface area contributed by atoms with E-state index >= 15 is 0 Å². The molecule has 1 aromatic carbocycles. The smallest absolute Gasteiger partial charge is 0.344 e. The lowest BCUT2D eigenvalue weighted by molar-refractivity contribution is 0.295. The molecule has 2 aromatic rings. The monoisotopic (exact) mass is 236 g/mol. The number of nitrogens with one attached hydrogen (secondary N) is 2. The lowest BCUT2D eigenvalue weighted by atomic mass is 10.3. The highest BCUT2D eigenvalue weighted by Crippen LogP contribution is 2.13. The van der Waals surface area contributed by atoms with E-state index in [0.717, 1.165) is 4.57 Å². The van der Waals surface area contributed by atoms with Crippen LogP contribution >= 0.6 is 0 Å². The van der Waals surface area contributed by atoms with Gasteiger partial charge in [0.05, 0.1) is 6.54 Å². The Morgan fingerprint density at radius 2 is 1.94 bits per heavy atom. The van der Waals surface area contributed by atoms with Crippen molar-refractivity contribution < 1.29 is 4.74 Å². The zero-order chi connectivity index (χ0) is 12.3. The van der Waals surface area contributed by atoms with Crippen LogP contribution in [0.4, 0.5) is 5.69 Å². The Balaban J connectivity index is 1.97. The maximum absolute atomic E-state index is 11.1. The SMILES string of the molecule is Nc1cccc(OCCn2c(=O)[nH][nH]c2=O)c1. The zero-order valence-electron chi connectivity index (χ0n) is 8.97. The number of aromatic amines is 2. The van der Waals surface area contributed by atoms with Gasteiger partial charge in [-0.25, -0.2) is 24.4 Å². The second-order valence-corrected chi connectivity index (χ2v) is 3.43. The second kappa shape index (κ2) is 4.60. The van der Waals surface area contributed by atoms with Gasteiger partial charge >= 0.3 is 11.4 Å². The summed E-state index contributed by atoms with van der Waals surface area (Å²) >= 11 is 0. The molecule has 0 spiro atoms. The molecule has 0 saturated carbocycles. The lowest BCUT2D eigenvalue weighted by Gasteiger charge is -2.05. The predicted molar refractivity (Wildman–Crippen MR) is 62.0 cm³/mol. The number of hydrogen-bond acceptors (Lipinski definition) is 4. The molecule has 0 aliphatic carbocycles. The molecule has 0 aliphatic heterocycles. The molecule has 0 radical (unpaired) electrons. The van der Waals surface area contributed by atoms with Gasteiger partial charge in [0.15, 0.2) is 0 Å². The molecule has 17 heavy (non-hydrogen) atoms. The summed E-state index contributed by atoms with van der Waals surface area (Å²) in [5.41, 5.74) is 5.21. The van der Waals surface area contributed by atoms with Gasteiger partial charge in [-0.15, -0.1) is 0 Å². The highest BCUT2D eigenvalue weighted by Gasteiger charge is 2.02. The number of H-pyrrole nitrogens is 2. The van der Waals surface area contributed by atoms with Crippen molar-refractivity contribution >= 4 is 5.69 Å². The third kappa shape index (κ3) is 2.57. The number of rotatable bonds is 4. The molecule has 0 fully saturated rings. The summed E-state index contributed by atoms with van der Waals surface area (Å²) in [7, 11) is 0. The van der Waals surface area contributed by atoms with Crippen LogP contribution in [-0.2, 0) is 6.54 Å². The van der Waals surface area contributed by atoms with Gasteiger partial charge < -0.3 is 10.5 Å². The fourth-order valence-corrected chi connectivity index (χ4v) is 1.40. The topological polar surface area (TPSA) is 106 Å². The molecule has 0 aliphatic rings. The van der Waals surface area contributed by atoms with Gasteiger partial charge in [0, 0.05) is 11.8 Å². The van der Waals surface area contributed by atoms with Crippen LogP contribution in [0, 0.1) is 0 Å². The van der Waals surface area contributed by atoms with E-state index in [-0.39, 0.29) is 13.2 Å². The Kier molecular flexibility index (Phi) is 2.99. The summed E-state index contributed by atoms with van der Waals surface area (Å²) in [4.78, 5) is 22.3. The predicted octanol–water partition coefficient (Wildman–Crippen LogP) is -0.474. The Bertz CT molecular complexity index is 583. The first kappa shape index (κ1) is 11.1. The van der Waals surface area contributed by atoms with Crippen molar-refractivity contribution in [1.82, 2.24) is 14.8 Å². The van der Waals surface area contributed by atoms with Crippen LogP contribution in [0.1, 0.15) is 0 Å². The van der Waals surface area contributed by atoms with Gasteiger partial charge in [-0.1, -0.05) is 6.07 Å². The first-order valence-corrected chi connectivity index (χ1v) is 5.02. The molecule has 7 heteroatoms. The minimum absolute atomic E-state index is 0.173. The normalized spacial score (nSPS) is 10.4. The van der Waals surface area contributed by atoms with Gasteiger partial charge in [0.25, 0.3) is 0 Å². The van der Waals surface area contributed by atoms with Crippen molar-refractivity contribution in [1.29, 1.82) is 0 Å². The highest BCUT2D eigenvalue weighted by molar-refractivity contribution is 5.43. The Hall–Kier alpha value is -2.44. The van der Waals surface area contributed by atoms with Crippen molar-refractivity contribution in [3.8, 4) is 5.75 Å². The van der Waals surface area contributed by atoms with Crippen molar-refractivity contribution in [2.45, 2.75) is 6.54 Å². The second-order valence-electron chi connectivity index (χ2n) is 3.43. The quantitative estimate of drug-likeness (QED) is 0.623. The van der Waals surface area contributed by atoms with Gasteiger partial charge in [-0.2, -0.15) is 0 Å². The Morgan fingerprint density at radius 3 is 2.59 bits per heavy atom. The molecule has 0 amide bonds. The number of anilines is 1. The fraction of sp³-hybridized carbons (Fsp3) is 0.200. The van der Waals surface area contributed by atoms with E-state index in [2.05, 4.69) is 10.2 Å². The van der Waals surface area contributed by atoms with Crippen molar-refractivity contribution in [2.24, 2.45) is 0 Å². The summed E-state index contributed by atoms with van der Waals surface area (Å²) in [6.07, 6.45) is 0. The van der Waals surface area contributed by atoms with Crippen LogP contribution in [0.15, 0.2) is 33.9 Å². The molecule has 0 unspecified atom stereocenters. The Morgan fingerprint density at radius 1 is 1.24 bits per heavy atom. The summed E-state index contributed by atoms with van der Waals surface area (Å²) in [5.74, 6) is 0.602. The third-order valence-electron chi connectivity index (χ3n) is 2.21. The molecule has 1 heterocycles. The van der Waals surface area contributed by atoms with Crippen LogP contribution < -0.4 is 21.9 Å². The van der Waals surface area contributed by atoms with Gasteiger partial charge in [-0.05, 0) is 12.1 Å². The number of nitrogens with two attached hydrogens (primary N) is 1. The average molecular weight is 236 g/mol. The molecule has 7 nitrogen and oxygen atoms in total. The number of benzene rings is 1. The largest absolute Gasteiger partial charge is 0.492 e. The van der Waals surface area contributed by atoms with E-state index in [1.54, 1.807) is 24.3 Å². The summed E-state index contributed by atoms with van der Waals surface area (Å²) in [5, 5.41) is 4.38. The van der Waals surface area contributed by atoms with E-state index < -0.39 is 11.4 Å². The van der Waals surface area contributed by atoms with Gasteiger partial charge in [-0.3, -0.25) is 0 Å². The van der Waals surface area contributed by atoms with E-state index in [9.17, 15) is 9.59 Å². The van der Waals surface area contributed by atoms with Crippen LogP contribution in [0.2, 0.25) is 0 Å². The summed E-state index contributed by atoms with van der Waals surface area (Å²) < 4.78 is 6.38. The molecule has 0 atom stereocenters. The number of ether oxygens (including phenoxy) is 1. The average Bonchev–Trinajstić information content (AvgIpc) is 2.61. The minimum atomic E-state index is -0.480. The van der Waals surface area contributed by atoms with E-state index in [1.165, 1.54) is 0 Å². The summed E-state index contributed by atoms with van der Waals surface area (Å²) in [6.45, 7) is 0.386. The zero-order valence-corrected chi connectivity index (χ0v) is 8.97. The molecule has 1 aromatic heterocycles. The van der Waals surface area contributed by atoms with Crippen LogP contribution in [0.3, 0.4) is 0 Å². The molecule has 0 bridgehead atoms. The van der Waals surface area contributed by atoms with Crippen molar-refractivity contribution in [3.05, 3.63) is 45.2 Å². The highest BCUT2D eigenvalue weighted by atomic mass is 16.5. The maximum Gasteiger partial charge on any atom is 0.344 e. The first-order chi connectivity index (χ1) is 8.16. The summed E-state index contributed by atoms with van der Waals surface area (Å²) in [6, 6.07) is 6.93. The van der Waals surface area contributed by atoms with Crippen LogP contribution in [0.25, 0.3) is 0 Å². The lowest BCUT2D eigenvalue weighted by Crippen LogP contribution is -2.29. The van der Waals surface area contributed by atoms with E-state index in [1.807, 2.05) is 0 Å². The van der Waals surface area contributed by atoms with E-state index in [4.69, 9.17) is 10.5 Å². The molecule has 4 N–H and O–H groups in total. The number of nitrogen functional groups attached to an aromatic ring is 1. The molecular weight excluding hydrogens is 224 g/mol. The molecule has 90 valence electrons. The van der Waals surface area contributed by atoms with Crippen LogP contribution in [-0.4, -0.2) is 21.4 Å². The first-order valence-electron chi connectivity index (χ1n) is 5.02. The molecular formula is C10H12N4O3. The molecule has 2 rings (SSSR count). The standard InChI is InChI=1S/C10H12N4O3/c11-7-2-1-3-8(6-7)17-5-4-14-9(15)12-13-10(14)16/h1-3,6H,4-5,11H2,(H,12,15)(H,13,16). The van der Waals surface area contributed by atoms with Crippen LogP contribution in [0.5, 0.6) is 5.75 Å². The Labute approximate surface area is 95.8 Å². The number of hydrogen-bond donors (Lipinski definition) is 3. The van der Waals surface area contributed by atoms with Gasteiger partial charge in [0.2, 0.25) is 0 Å². The van der Waals surface area contributed by atoms with E-state index in [0.29, 0.717) is 11.4 Å².